The minimum Gasteiger partial charge on any atom is -0.326 e. The van der Waals surface area contributed by atoms with E-state index in [1.807, 2.05) is 50.2 Å². The van der Waals surface area contributed by atoms with Crippen molar-refractivity contribution in [3.8, 4) is 0 Å². The van der Waals surface area contributed by atoms with Crippen molar-refractivity contribution in [3.05, 3.63) is 54.1 Å². The highest BCUT2D eigenvalue weighted by Gasteiger charge is 2.01. The van der Waals surface area contributed by atoms with Gasteiger partial charge >= 0.3 is 0 Å². The maximum Gasteiger partial charge on any atom is 0.205 e. The van der Waals surface area contributed by atoms with E-state index in [9.17, 15) is 4.79 Å². The van der Waals surface area contributed by atoms with Crippen LogP contribution in [0.4, 0.5) is 11.6 Å². The zero-order chi connectivity index (χ0) is 14.4. The largest absolute Gasteiger partial charge is 0.326 e. The Bertz CT molecular complexity index is 653. The van der Waals surface area contributed by atoms with Gasteiger partial charge in [-0.05, 0) is 36.4 Å². The van der Waals surface area contributed by atoms with Gasteiger partial charge in [0.1, 0.15) is 6.29 Å². The van der Waals surface area contributed by atoms with E-state index in [2.05, 4.69) is 15.3 Å². The second kappa shape index (κ2) is 6.52. The van der Waals surface area contributed by atoms with Crippen LogP contribution in [0.25, 0.3) is 11.0 Å². The highest BCUT2D eigenvalue weighted by molar-refractivity contribution is 5.79. The van der Waals surface area contributed by atoms with Gasteiger partial charge in [0.05, 0.1) is 11.0 Å². The molecule has 0 fully saturated rings. The number of para-hydroxylation sites is 2. The number of hydrogen-bond acceptors (Lipinski definition) is 3. The molecule has 0 radical (unpaired) electrons. The first kappa shape index (κ1) is 13.8. The number of aromatic nitrogens is 2. The van der Waals surface area contributed by atoms with Crippen molar-refractivity contribution in [2.45, 2.75) is 13.8 Å². The number of rotatable bonds is 3. The number of nitrogens with zero attached hydrogens (tertiary/aromatic N) is 1. The van der Waals surface area contributed by atoms with Crippen molar-refractivity contribution in [2.24, 2.45) is 0 Å². The molecule has 0 saturated heterocycles. The summed E-state index contributed by atoms with van der Waals surface area (Å²) in [5, 5.41) is 3.16. The number of imidazole rings is 1. The van der Waals surface area contributed by atoms with E-state index in [1.54, 1.807) is 12.1 Å². The van der Waals surface area contributed by atoms with E-state index in [-0.39, 0.29) is 0 Å². The number of hydrogen-bond donors (Lipinski definition) is 2. The van der Waals surface area contributed by atoms with Crippen molar-refractivity contribution in [2.75, 3.05) is 5.32 Å². The van der Waals surface area contributed by atoms with E-state index in [1.165, 1.54) is 0 Å². The monoisotopic (exact) mass is 267 g/mol. The van der Waals surface area contributed by atoms with Crippen LogP contribution in [0.3, 0.4) is 0 Å². The summed E-state index contributed by atoms with van der Waals surface area (Å²) in [5.74, 6) is 0.690. The number of fused-ring (bicyclic) bond motifs is 1. The Balaban J connectivity index is 0.000000704. The van der Waals surface area contributed by atoms with E-state index < -0.39 is 0 Å². The van der Waals surface area contributed by atoms with Gasteiger partial charge in [-0.25, -0.2) is 4.98 Å². The molecule has 4 heteroatoms. The minimum atomic E-state index is 0.658. The highest BCUT2D eigenvalue weighted by atomic mass is 16.1. The first-order valence-corrected chi connectivity index (χ1v) is 6.62. The Morgan fingerprint density at radius 3 is 2.40 bits per heavy atom. The van der Waals surface area contributed by atoms with Crippen LogP contribution in [-0.2, 0) is 0 Å². The normalized spacial score (nSPS) is 9.70. The van der Waals surface area contributed by atoms with E-state index in [0.29, 0.717) is 11.5 Å². The molecule has 2 aromatic carbocycles. The molecule has 1 aromatic heterocycles. The average molecular weight is 267 g/mol. The van der Waals surface area contributed by atoms with E-state index in [4.69, 9.17) is 0 Å². The summed E-state index contributed by atoms with van der Waals surface area (Å²) in [7, 11) is 0. The van der Waals surface area contributed by atoms with Crippen LogP contribution in [0.1, 0.15) is 24.2 Å². The number of carbonyl (C=O) groups is 1. The van der Waals surface area contributed by atoms with Crippen LogP contribution < -0.4 is 5.32 Å². The summed E-state index contributed by atoms with van der Waals surface area (Å²) in [5.41, 5.74) is 3.46. The molecule has 20 heavy (non-hydrogen) atoms. The van der Waals surface area contributed by atoms with Gasteiger partial charge in [-0.1, -0.05) is 26.0 Å². The zero-order valence-electron chi connectivity index (χ0n) is 11.6. The van der Waals surface area contributed by atoms with Crippen molar-refractivity contribution < 1.29 is 4.79 Å². The Morgan fingerprint density at radius 2 is 1.75 bits per heavy atom. The smallest absolute Gasteiger partial charge is 0.205 e. The van der Waals surface area contributed by atoms with E-state index >= 15 is 0 Å². The summed E-state index contributed by atoms with van der Waals surface area (Å²) in [4.78, 5) is 18.1. The number of nitrogens with one attached hydrogen (secondary N) is 2. The van der Waals surface area contributed by atoms with Crippen LogP contribution in [-0.4, -0.2) is 16.3 Å². The Labute approximate surface area is 117 Å². The molecule has 2 N–H and O–H groups in total. The minimum absolute atomic E-state index is 0.658. The third kappa shape index (κ3) is 3.03. The number of benzene rings is 2. The number of aldehydes is 1. The molecule has 4 nitrogen and oxygen atoms in total. The van der Waals surface area contributed by atoms with Crippen molar-refractivity contribution in [1.82, 2.24) is 9.97 Å². The molecule has 0 unspecified atom stereocenters. The third-order valence-corrected chi connectivity index (χ3v) is 2.70. The average Bonchev–Trinajstić information content (AvgIpc) is 2.92. The van der Waals surface area contributed by atoms with Crippen LogP contribution in [0, 0.1) is 0 Å². The first-order chi connectivity index (χ1) is 9.85. The molecule has 0 saturated carbocycles. The van der Waals surface area contributed by atoms with Gasteiger partial charge < -0.3 is 10.3 Å². The molecular weight excluding hydrogens is 250 g/mol. The van der Waals surface area contributed by atoms with Gasteiger partial charge in [-0.15, -0.1) is 0 Å². The number of H-pyrrole nitrogens is 1. The molecule has 0 aliphatic carbocycles. The third-order valence-electron chi connectivity index (χ3n) is 2.70. The predicted octanol–water partition coefficient (Wildman–Crippen LogP) is 4.15. The summed E-state index contributed by atoms with van der Waals surface area (Å²) in [6.45, 7) is 4.00. The van der Waals surface area contributed by atoms with Crippen LogP contribution in [0.15, 0.2) is 48.5 Å². The molecule has 1 heterocycles. The highest BCUT2D eigenvalue weighted by Crippen LogP contribution is 2.18. The lowest BCUT2D eigenvalue weighted by molar-refractivity contribution is 0.112. The standard InChI is InChI=1S/C14H11N3O.C2H6/c18-9-10-5-7-11(8-6-10)15-14-16-12-3-1-2-4-13(12)17-14;1-2/h1-9H,(H2,15,16,17);1-2H3. The predicted molar refractivity (Wildman–Crippen MR) is 82.6 cm³/mol. The maximum atomic E-state index is 10.6. The second-order valence-electron chi connectivity index (χ2n) is 3.97. The van der Waals surface area contributed by atoms with Crippen molar-refractivity contribution >= 4 is 29.0 Å². The first-order valence-electron chi connectivity index (χ1n) is 6.62. The molecule has 0 bridgehead atoms. The lowest BCUT2D eigenvalue weighted by atomic mass is 10.2. The Morgan fingerprint density at radius 1 is 1.05 bits per heavy atom. The van der Waals surface area contributed by atoms with E-state index in [0.717, 1.165) is 23.0 Å². The van der Waals surface area contributed by atoms with Gasteiger partial charge in [-0.3, -0.25) is 4.79 Å². The molecule has 0 aliphatic heterocycles. The van der Waals surface area contributed by atoms with Gasteiger partial charge in [0, 0.05) is 11.3 Å². The molecule has 0 spiro atoms. The van der Waals surface area contributed by atoms with Gasteiger partial charge in [0.15, 0.2) is 0 Å². The van der Waals surface area contributed by atoms with Gasteiger partial charge in [0.25, 0.3) is 0 Å². The maximum absolute atomic E-state index is 10.6. The topological polar surface area (TPSA) is 57.8 Å². The summed E-state index contributed by atoms with van der Waals surface area (Å²) in [6, 6.07) is 15.0. The number of carbonyl (C=O) groups excluding carboxylic acids is 1. The molecule has 102 valence electrons. The molecule has 0 atom stereocenters. The van der Waals surface area contributed by atoms with Gasteiger partial charge in [-0.2, -0.15) is 0 Å². The fourth-order valence-corrected chi connectivity index (χ4v) is 1.79. The lowest BCUT2D eigenvalue weighted by Gasteiger charge is -2.01. The number of aromatic amines is 1. The SMILES string of the molecule is CC.O=Cc1ccc(Nc2nc3ccccc3[nH]2)cc1. The fourth-order valence-electron chi connectivity index (χ4n) is 1.79. The van der Waals surface area contributed by atoms with Crippen molar-refractivity contribution in [1.29, 1.82) is 0 Å². The van der Waals surface area contributed by atoms with Crippen LogP contribution >= 0.6 is 0 Å². The summed E-state index contributed by atoms with van der Waals surface area (Å²) >= 11 is 0. The lowest BCUT2D eigenvalue weighted by Crippen LogP contribution is -1.92. The van der Waals surface area contributed by atoms with Crippen LogP contribution in [0.2, 0.25) is 0 Å². The van der Waals surface area contributed by atoms with Crippen LogP contribution in [0.5, 0.6) is 0 Å². The zero-order valence-corrected chi connectivity index (χ0v) is 11.6. The second-order valence-corrected chi connectivity index (χ2v) is 3.97. The Hall–Kier alpha value is -2.62. The van der Waals surface area contributed by atoms with Crippen molar-refractivity contribution in [3.63, 3.8) is 0 Å². The molecule has 0 amide bonds. The molecule has 3 rings (SSSR count). The van der Waals surface area contributed by atoms with Gasteiger partial charge in [0.2, 0.25) is 5.95 Å². The Kier molecular flexibility index (Phi) is 4.50. The number of anilines is 2. The molecule has 3 aromatic rings. The summed E-state index contributed by atoms with van der Waals surface area (Å²) < 4.78 is 0. The summed E-state index contributed by atoms with van der Waals surface area (Å²) in [6.07, 6.45) is 0.824. The molecule has 0 aliphatic rings. The molecular formula is C16H17N3O. The fraction of sp³-hybridized carbons (Fsp3) is 0.125. The quantitative estimate of drug-likeness (QED) is 0.701.